The van der Waals surface area contributed by atoms with Gasteiger partial charge in [0, 0.05) is 0 Å². The molecule has 0 aliphatic rings. The zero-order valence-corrected chi connectivity index (χ0v) is 10.00. The van der Waals surface area contributed by atoms with Gasteiger partial charge in [-0.2, -0.15) is 0 Å². The molecule has 0 bridgehead atoms. The fourth-order valence-corrected chi connectivity index (χ4v) is 2.19. The summed E-state index contributed by atoms with van der Waals surface area (Å²) in [6, 6.07) is 9.99. The fourth-order valence-electron chi connectivity index (χ4n) is 1.59. The van der Waals surface area contributed by atoms with Crippen LogP contribution >= 0.6 is 0 Å². The molecule has 3 rings (SSSR count). The van der Waals surface area contributed by atoms with Crippen LogP contribution in [0.2, 0.25) is 0 Å². The standard InChI is InChI=1S/C10H7N5Se/c16-10-7(6-4-2-1-3-5-6)8-9(12-14-10)13-15-11-8/h1-5H,(H,14,16)(H,11,12,13,15). The van der Waals surface area contributed by atoms with Gasteiger partial charge in [0.2, 0.25) is 0 Å². The summed E-state index contributed by atoms with van der Waals surface area (Å²) < 4.78 is 0.803. The van der Waals surface area contributed by atoms with E-state index in [0.29, 0.717) is 5.65 Å². The molecule has 0 radical (unpaired) electrons. The Bertz CT molecular complexity index is 634. The van der Waals surface area contributed by atoms with Crippen LogP contribution in [0.25, 0.3) is 22.3 Å². The molecule has 0 aliphatic heterocycles. The van der Waals surface area contributed by atoms with Crippen LogP contribution in [0.3, 0.4) is 0 Å². The van der Waals surface area contributed by atoms with E-state index in [4.69, 9.17) is 0 Å². The molecule has 0 saturated heterocycles. The van der Waals surface area contributed by atoms with Gasteiger partial charge in [0.15, 0.2) is 0 Å². The normalized spacial score (nSPS) is 10.8. The monoisotopic (exact) mass is 277 g/mol. The van der Waals surface area contributed by atoms with Crippen LogP contribution < -0.4 is 4.59 Å². The Hall–Kier alpha value is -1.78. The Morgan fingerprint density at radius 2 is 1.81 bits per heavy atom. The molecule has 1 N–H and O–H groups in total. The van der Waals surface area contributed by atoms with Gasteiger partial charge in [-0.25, -0.2) is 0 Å². The minimum atomic E-state index is 0.536. The summed E-state index contributed by atoms with van der Waals surface area (Å²) in [5.41, 5.74) is 3.41. The van der Waals surface area contributed by atoms with Crippen LogP contribution in [0, 0.1) is 0 Å². The predicted molar refractivity (Wildman–Crippen MR) is 61.7 cm³/mol. The number of fused-ring (bicyclic) bond motifs is 1. The summed E-state index contributed by atoms with van der Waals surface area (Å²) >= 11 is 2.41. The van der Waals surface area contributed by atoms with Crippen LogP contribution in [0.4, 0.5) is 0 Å². The molecule has 2 aromatic heterocycles. The summed E-state index contributed by atoms with van der Waals surface area (Å²) in [7, 11) is 0. The molecule has 0 spiro atoms. The molecule has 5 nitrogen and oxygen atoms in total. The first-order chi connectivity index (χ1) is 7.86. The van der Waals surface area contributed by atoms with Crippen molar-refractivity contribution in [2.45, 2.75) is 0 Å². The molecule has 0 saturated carbocycles. The maximum absolute atomic E-state index is 4.06. The third-order valence-electron chi connectivity index (χ3n) is 2.31. The Morgan fingerprint density at radius 1 is 1.00 bits per heavy atom. The van der Waals surface area contributed by atoms with Crippen molar-refractivity contribution in [1.82, 2.24) is 25.6 Å². The van der Waals surface area contributed by atoms with Crippen molar-refractivity contribution >= 4 is 31.8 Å². The number of aromatic nitrogens is 5. The molecule has 0 aliphatic carbocycles. The van der Waals surface area contributed by atoms with E-state index in [0.717, 1.165) is 21.2 Å². The molecular weight excluding hydrogens is 269 g/mol. The second kappa shape index (κ2) is 3.66. The summed E-state index contributed by atoms with van der Waals surface area (Å²) in [5, 5.41) is 18.5. The first kappa shape index (κ1) is 9.45. The van der Waals surface area contributed by atoms with E-state index in [1.807, 2.05) is 30.3 Å². The average Bonchev–Trinajstić information content (AvgIpc) is 2.78. The molecule has 2 heterocycles. The van der Waals surface area contributed by atoms with E-state index < -0.39 is 0 Å². The Kier molecular flexibility index (Phi) is 2.16. The molecule has 0 unspecified atom stereocenters. The topological polar surface area (TPSA) is 67.3 Å². The number of hydrogen-bond donors (Lipinski definition) is 1. The Morgan fingerprint density at radius 3 is 2.62 bits per heavy atom. The van der Waals surface area contributed by atoms with Gasteiger partial charge in [-0.15, -0.1) is 0 Å². The van der Waals surface area contributed by atoms with Crippen molar-refractivity contribution in [2.75, 3.05) is 0 Å². The first-order valence-electron chi connectivity index (χ1n) is 4.68. The fraction of sp³-hybridized carbons (Fsp3) is 0. The van der Waals surface area contributed by atoms with Gasteiger partial charge in [0.1, 0.15) is 0 Å². The molecule has 1 aromatic carbocycles. The van der Waals surface area contributed by atoms with E-state index in [-0.39, 0.29) is 0 Å². The third kappa shape index (κ3) is 1.39. The zero-order valence-electron chi connectivity index (χ0n) is 8.12. The van der Waals surface area contributed by atoms with Crippen molar-refractivity contribution < 1.29 is 0 Å². The van der Waals surface area contributed by atoms with Gasteiger partial charge in [-0.05, 0) is 0 Å². The summed E-state index contributed by atoms with van der Waals surface area (Å²) in [4.78, 5) is 0. The van der Waals surface area contributed by atoms with Gasteiger partial charge in [0.25, 0.3) is 0 Å². The molecule has 16 heavy (non-hydrogen) atoms. The summed E-state index contributed by atoms with van der Waals surface area (Å²) in [6.07, 6.45) is 0. The number of rotatable bonds is 1. The van der Waals surface area contributed by atoms with Crippen LogP contribution in [-0.2, 0) is 0 Å². The molecule has 0 amide bonds. The Labute approximate surface area is 99.1 Å². The molecule has 6 heteroatoms. The maximum atomic E-state index is 4.06. The van der Waals surface area contributed by atoms with Crippen LogP contribution in [-0.4, -0.2) is 41.6 Å². The summed E-state index contributed by atoms with van der Waals surface area (Å²) in [6.45, 7) is 0. The van der Waals surface area contributed by atoms with Crippen LogP contribution in [0.1, 0.15) is 0 Å². The van der Waals surface area contributed by atoms with Crippen molar-refractivity contribution in [3.8, 4) is 11.1 Å². The second-order valence-electron chi connectivity index (χ2n) is 3.28. The third-order valence-corrected chi connectivity index (χ3v) is 2.96. The molecular formula is C10H7N5Se. The van der Waals surface area contributed by atoms with Gasteiger partial charge in [-0.1, -0.05) is 0 Å². The van der Waals surface area contributed by atoms with Crippen molar-refractivity contribution in [3.63, 3.8) is 0 Å². The quantitative estimate of drug-likeness (QED) is 0.632. The second-order valence-corrected chi connectivity index (χ2v) is 4.16. The molecule has 3 aromatic rings. The zero-order chi connectivity index (χ0) is 11.0. The summed E-state index contributed by atoms with van der Waals surface area (Å²) in [5.74, 6) is 0. The van der Waals surface area contributed by atoms with Gasteiger partial charge < -0.3 is 0 Å². The van der Waals surface area contributed by atoms with Gasteiger partial charge >= 0.3 is 98.8 Å². The van der Waals surface area contributed by atoms with E-state index >= 15 is 0 Å². The molecule has 0 atom stereocenters. The Balaban J connectivity index is 2.38. The van der Waals surface area contributed by atoms with Gasteiger partial charge in [0.05, 0.1) is 0 Å². The number of nitrogens with zero attached hydrogens (tertiary/aromatic N) is 4. The number of H-pyrrole nitrogens is 1. The SMILES string of the molecule is [SeH]c1nnc2nn[nH]c2c1-c1ccccc1. The number of benzene rings is 1. The van der Waals surface area contributed by atoms with Gasteiger partial charge in [-0.3, -0.25) is 0 Å². The molecule has 0 fully saturated rings. The molecule has 78 valence electrons. The number of hydrogen-bond acceptors (Lipinski definition) is 4. The van der Waals surface area contributed by atoms with E-state index in [1.54, 1.807) is 0 Å². The van der Waals surface area contributed by atoms with Crippen molar-refractivity contribution in [2.24, 2.45) is 0 Å². The number of aromatic amines is 1. The van der Waals surface area contributed by atoms with Crippen molar-refractivity contribution in [3.05, 3.63) is 30.3 Å². The number of nitrogens with one attached hydrogen (secondary N) is 1. The first-order valence-corrected chi connectivity index (χ1v) is 5.62. The van der Waals surface area contributed by atoms with E-state index in [2.05, 4.69) is 41.6 Å². The predicted octanol–water partition coefficient (Wildman–Crippen LogP) is -0.0590. The van der Waals surface area contributed by atoms with E-state index in [9.17, 15) is 0 Å². The van der Waals surface area contributed by atoms with Crippen LogP contribution in [0.5, 0.6) is 0 Å². The average molecular weight is 276 g/mol. The van der Waals surface area contributed by atoms with Crippen molar-refractivity contribution in [1.29, 1.82) is 0 Å². The van der Waals surface area contributed by atoms with Crippen LogP contribution in [0.15, 0.2) is 30.3 Å². The minimum absolute atomic E-state index is 0.536. The van der Waals surface area contributed by atoms with E-state index in [1.165, 1.54) is 0 Å².